The lowest BCUT2D eigenvalue weighted by atomic mass is 10.0. The lowest BCUT2D eigenvalue weighted by molar-refractivity contribution is -0.0499. The monoisotopic (exact) mass is 241 g/mol. The molecule has 0 aliphatic heterocycles. The van der Waals surface area contributed by atoms with Crippen molar-refractivity contribution in [3.8, 4) is 5.75 Å². The summed E-state index contributed by atoms with van der Waals surface area (Å²) in [5.74, 6) is 0.453. The number of hydrogen-bond acceptors (Lipinski definition) is 2. The topological polar surface area (TPSA) is 35.2 Å². The first-order valence-corrected chi connectivity index (χ1v) is 5.49. The van der Waals surface area contributed by atoms with Gasteiger partial charge < -0.3 is 10.5 Å². The lowest BCUT2D eigenvalue weighted by Gasteiger charge is -2.11. The molecular weight excluding hydrogens is 224 g/mol. The Bertz CT molecular complexity index is 389. The summed E-state index contributed by atoms with van der Waals surface area (Å²) in [6.45, 7) is 1.61. The third-order valence-corrected chi connectivity index (χ3v) is 2.45. The number of alkyl halides is 2. The maximum absolute atomic E-state index is 12.2. The minimum Gasteiger partial charge on any atom is -0.434 e. The maximum Gasteiger partial charge on any atom is 0.387 e. The molecule has 2 N–H and O–H groups in total. The molecule has 1 rings (SSSR count). The number of nitrogens with two attached hydrogens (primary N) is 1. The summed E-state index contributed by atoms with van der Waals surface area (Å²) < 4.78 is 28.9. The highest BCUT2D eigenvalue weighted by molar-refractivity contribution is 5.60. The van der Waals surface area contributed by atoms with Gasteiger partial charge in [-0.15, -0.1) is 0 Å². The van der Waals surface area contributed by atoms with E-state index in [-0.39, 0.29) is 11.7 Å². The zero-order valence-electron chi connectivity index (χ0n) is 9.99. The number of para-hydroxylation sites is 1. The van der Waals surface area contributed by atoms with Crippen LogP contribution >= 0.6 is 0 Å². The average Bonchev–Trinajstić information content (AvgIpc) is 2.26. The van der Waals surface area contributed by atoms with Crippen LogP contribution in [-0.4, -0.2) is 13.2 Å². The van der Waals surface area contributed by atoms with Gasteiger partial charge in [0.1, 0.15) is 5.75 Å². The number of ether oxygens (including phenoxy) is 1. The molecule has 0 aliphatic rings. The normalized spacial score (nSPS) is 12.3. The molecule has 4 heteroatoms. The van der Waals surface area contributed by atoms with Gasteiger partial charge in [0.25, 0.3) is 0 Å². The molecule has 0 radical (unpaired) electrons. The van der Waals surface area contributed by atoms with Gasteiger partial charge in [-0.1, -0.05) is 43.7 Å². The van der Waals surface area contributed by atoms with Crippen molar-refractivity contribution in [1.29, 1.82) is 0 Å². The molecular formula is C13H17F2NO. The van der Waals surface area contributed by atoms with Crippen molar-refractivity contribution < 1.29 is 13.5 Å². The van der Waals surface area contributed by atoms with E-state index >= 15 is 0 Å². The Morgan fingerprint density at radius 1 is 1.35 bits per heavy atom. The number of hydrogen-bond donors (Lipinski definition) is 1. The average molecular weight is 241 g/mol. The van der Waals surface area contributed by atoms with Gasteiger partial charge in [0, 0.05) is 12.1 Å². The first-order chi connectivity index (χ1) is 8.04. The van der Waals surface area contributed by atoms with Crippen molar-refractivity contribution in [2.24, 2.45) is 11.7 Å². The summed E-state index contributed by atoms with van der Waals surface area (Å²) in [7, 11) is 0. The smallest absolute Gasteiger partial charge is 0.387 e. The van der Waals surface area contributed by atoms with Gasteiger partial charge in [0.05, 0.1) is 0 Å². The van der Waals surface area contributed by atoms with Crippen molar-refractivity contribution in [3.63, 3.8) is 0 Å². The SMILES string of the molecule is CC(C)C(=Cc1ccccc1OC(F)F)CN. The second-order valence-electron chi connectivity index (χ2n) is 3.99. The molecule has 1 aromatic rings. The molecule has 0 bridgehead atoms. The van der Waals surface area contributed by atoms with E-state index < -0.39 is 6.61 Å². The summed E-state index contributed by atoms with van der Waals surface area (Å²) in [6, 6.07) is 6.69. The Morgan fingerprint density at radius 2 is 2.00 bits per heavy atom. The standard InChI is InChI=1S/C13H17F2NO/c1-9(2)11(8-16)7-10-5-3-4-6-12(10)17-13(14)15/h3-7,9,13H,8,16H2,1-2H3. The highest BCUT2D eigenvalue weighted by Crippen LogP contribution is 2.24. The quantitative estimate of drug-likeness (QED) is 0.858. The van der Waals surface area contributed by atoms with E-state index in [4.69, 9.17) is 5.73 Å². The molecule has 1 aromatic carbocycles. The van der Waals surface area contributed by atoms with Gasteiger partial charge in [0.2, 0.25) is 0 Å². The van der Waals surface area contributed by atoms with E-state index in [1.807, 2.05) is 19.9 Å². The van der Waals surface area contributed by atoms with Gasteiger partial charge in [-0.3, -0.25) is 0 Å². The maximum atomic E-state index is 12.2. The van der Waals surface area contributed by atoms with Crippen molar-refractivity contribution in [1.82, 2.24) is 0 Å². The second kappa shape index (κ2) is 6.35. The van der Waals surface area contributed by atoms with Crippen LogP contribution in [0, 0.1) is 5.92 Å². The van der Waals surface area contributed by atoms with Gasteiger partial charge in [-0.05, 0) is 12.0 Å². The molecule has 0 unspecified atom stereocenters. The Kier molecular flexibility index (Phi) is 5.10. The fourth-order valence-corrected chi connectivity index (χ4v) is 1.46. The molecule has 0 fully saturated rings. The zero-order valence-corrected chi connectivity index (χ0v) is 9.99. The van der Waals surface area contributed by atoms with Crippen molar-refractivity contribution in [2.45, 2.75) is 20.5 Å². The van der Waals surface area contributed by atoms with Crippen molar-refractivity contribution in [3.05, 3.63) is 35.4 Å². The predicted molar refractivity (Wildman–Crippen MR) is 64.9 cm³/mol. The first-order valence-electron chi connectivity index (χ1n) is 5.49. The molecule has 0 saturated heterocycles. The van der Waals surface area contributed by atoms with E-state index in [2.05, 4.69) is 4.74 Å². The van der Waals surface area contributed by atoms with E-state index in [1.165, 1.54) is 6.07 Å². The number of halogens is 2. The fraction of sp³-hybridized carbons (Fsp3) is 0.385. The van der Waals surface area contributed by atoms with E-state index in [1.54, 1.807) is 18.2 Å². The molecule has 0 heterocycles. The second-order valence-corrected chi connectivity index (χ2v) is 3.99. The van der Waals surface area contributed by atoms with Crippen LogP contribution in [0.25, 0.3) is 6.08 Å². The van der Waals surface area contributed by atoms with Crippen LogP contribution in [0.4, 0.5) is 8.78 Å². The molecule has 0 amide bonds. The van der Waals surface area contributed by atoms with Crippen LogP contribution in [0.5, 0.6) is 5.75 Å². The van der Waals surface area contributed by atoms with Gasteiger partial charge in [-0.25, -0.2) is 0 Å². The summed E-state index contributed by atoms with van der Waals surface area (Å²) in [5, 5.41) is 0. The summed E-state index contributed by atoms with van der Waals surface area (Å²) in [5.41, 5.74) is 7.24. The first kappa shape index (κ1) is 13.6. The van der Waals surface area contributed by atoms with Crippen LogP contribution in [0.2, 0.25) is 0 Å². The van der Waals surface area contributed by atoms with E-state index in [9.17, 15) is 8.78 Å². The molecule has 2 nitrogen and oxygen atoms in total. The molecule has 94 valence electrons. The molecule has 17 heavy (non-hydrogen) atoms. The minimum atomic E-state index is -2.81. The molecule has 0 spiro atoms. The van der Waals surface area contributed by atoms with E-state index in [0.29, 0.717) is 12.1 Å². The fourth-order valence-electron chi connectivity index (χ4n) is 1.46. The van der Waals surface area contributed by atoms with Crippen LogP contribution < -0.4 is 10.5 Å². The summed E-state index contributed by atoms with van der Waals surface area (Å²) in [4.78, 5) is 0. The molecule has 0 atom stereocenters. The highest BCUT2D eigenvalue weighted by Gasteiger charge is 2.09. The van der Waals surface area contributed by atoms with Crippen LogP contribution in [0.15, 0.2) is 29.8 Å². The summed E-state index contributed by atoms with van der Waals surface area (Å²) in [6.07, 6.45) is 1.81. The predicted octanol–water partition coefficient (Wildman–Crippen LogP) is 3.29. The Hall–Kier alpha value is -1.42. The van der Waals surface area contributed by atoms with E-state index in [0.717, 1.165) is 5.57 Å². The minimum absolute atomic E-state index is 0.175. The third-order valence-electron chi connectivity index (χ3n) is 2.45. The molecule has 0 aromatic heterocycles. The Morgan fingerprint density at radius 3 is 2.53 bits per heavy atom. The van der Waals surface area contributed by atoms with Crippen LogP contribution in [0.1, 0.15) is 19.4 Å². The highest BCUT2D eigenvalue weighted by atomic mass is 19.3. The van der Waals surface area contributed by atoms with Gasteiger partial charge in [-0.2, -0.15) is 8.78 Å². The van der Waals surface area contributed by atoms with Gasteiger partial charge >= 0.3 is 6.61 Å². The number of benzene rings is 1. The Labute approximate surface area is 100 Å². The molecule has 0 saturated carbocycles. The largest absolute Gasteiger partial charge is 0.434 e. The third kappa shape index (κ3) is 4.15. The summed E-state index contributed by atoms with van der Waals surface area (Å²) >= 11 is 0. The lowest BCUT2D eigenvalue weighted by Crippen LogP contribution is -2.09. The molecule has 0 aliphatic carbocycles. The Balaban J connectivity index is 3.04. The van der Waals surface area contributed by atoms with Crippen molar-refractivity contribution >= 4 is 6.08 Å². The van der Waals surface area contributed by atoms with Gasteiger partial charge in [0.15, 0.2) is 0 Å². The number of rotatable bonds is 5. The van der Waals surface area contributed by atoms with Crippen molar-refractivity contribution in [2.75, 3.05) is 6.54 Å². The zero-order chi connectivity index (χ0) is 12.8. The van der Waals surface area contributed by atoms with Crippen LogP contribution in [0.3, 0.4) is 0 Å². The van der Waals surface area contributed by atoms with Crippen LogP contribution in [-0.2, 0) is 0 Å².